The molecule has 0 spiro atoms. The Balaban J connectivity index is 1.72. The average Bonchev–Trinajstić information content (AvgIpc) is 3.32. The summed E-state index contributed by atoms with van der Waals surface area (Å²) in [5.41, 5.74) is 6.42. The number of halogens is 2. The van der Waals surface area contributed by atoms with Crippen molar-refractivity contribution < 1.29 is 37.2 Å². The average molecular weight is 436 g/mol. The standard InChI is InChI=1S/C19H19F2N5O5/c1-29-19(17(22)28)23-10-2-3-11-13(6-10)30-5-4-25-7-14(24-18(11)25)26-12(16(20)21)9-31-15(26)8-27/h2-3,6-8,12,16,19H,4-5,9H2,1H3,(H2-,22,23,24,28)/p+1/t12-,19-/m0/s1. The molecule has 1 aromatic heterocycles. The molecule has 2 atom stereocenters. The summed E-state index contributed by atoms with van der Waals surface area (Å²) >= 11 is 0. The molecule has 31 heavy (non-hydrogen) atoms. The summed E-state index contributed by atoms with van der Waals surface area (Å²) < 4.78 is 45.7. The molecule has 0 saturated carbocycles. The zero-order chi connectivity index (χ0) is 22.1. The number of alkyl halides is 2. The van der Waals surface area contributed by atoms with Crippen LogP contribution in [0.2, 0.25) is 0 Å². The second-order valence-electron chi connectivity index (χ2n) is 6.88. The summed E-state index contributed by atoms with van der Waals surface area (Å²) in [5, 5.41) is 2.85. The van der Waals surface area contributed by atoms with Gasteiger partial charge in [-0.05, 0) is 17.1 Å². The number of carbonyl (C=O) groups excluding carboxylic acids is 2. The van der Waals surface area contributed by atoms with E-state index in [1.54, 1.807) is 29.0 Å². The first-order chi connectivity index (χ1) is 14.9. The quantitative estimate of drug-likeness (QED) is 0.373. The molecule has 10 nitrogen and oxygen atoms in total. The normalized spacial score (nSPS) is 18.5. The minimum Gasteiger partial charge on any atom is -0.491 e. The number of ether oxygens (including phenoxy) is 3. The summed E-state index contributed by atoms with van der Waals surface area (Å²) in [6.07, 6.45) is -1.76. The predicted octanol–water partition coefficient (Wildman–Crippen LogP) is 0.717. The maximum absolute atomic E-state index is 13.5. The largest absolute Gasteiger partial charge is 0.491 e. The maximum Gasteiger partial charge on any atom is 0.345 e. The van der Waals surface area contributed by atoms with E-state index < -0.39 is 24.6 Å². The van der Waals surface area contributed by atoms with Crippen molar-refractivity contribution in [3.05, 3.63) is 24.4 Å². The lowest BCUT2D eigenvalue weighted by Crippen LogP contribution is -2.36. The Bertz CT molecular complexity index is 1050. The highest BCUT2D eigenvalue weighted by Gasteiger charge is 2.42. The number of aromatic nitrogens is 2. The van der Waals surface area contributed by atoms with Gasteiger partial charge in [0, 0.05) is 18.9 Å². The fourth-order valence-electron chi connectivity index (χ4n) is 3.51. The van der Waals surface area contributed by atoms with Crippen molar-refractivity contribution in [2.24, 2.45) is 5.73 Å². The topological polar surface area (TPSA) is 121 Å². The van der Waals surface area contributed by atoms with Gasteiger partial charge < -0.3 is 29.8 Å². The molecule has 0 unspecified atom stereocenters. The number of aldehydes is 1. The van der Waals surface area contributed by atoms with Crippen LogP contribution in [0.4, 0.5) is 20.3 Å². The summed E-state index contributed by atoms with van der Waals surface area (Å²) in [7, 11) is 1.35. The Hall–Kier alpha value is -3.54. The molecule has 12 heteroatoms. The zero-order valence-electron chi connectivity index (χ0n) is 16.5. The van der Waals surface area contributed by atoms with Crippen LogP contribution in [0.1, 0.15) is 0 Å². The lowest BCUT2D eigenvalue weighted by molar-refractivity contribution is -0.492. The maximum atomic E-state index is 13.5. The van der Waals surface area contributed by atoms with Gasteiger partial charge >= 0.3 is 11.7 Å². The van der Waals surface area contributed by atoms with E-state index >= 15 is 0 Å². The number of nitrogens with two attached hydrogens (primary N) is 1. The van der Waals surface area contributed by atoms with E-state index in [0.29, 0.717) is 42.3 Å². The minimum atomic E-state index is -2.72. The van der Waals surface area contributed by atoms with Gasteiger partial charge in [-0.2, -0.15) is 4.58 Å². The SMILES string of the molecule is CO[C@H](Nc1ccc2c(c1)OCCn1cc([N+]3=C(C=O)OC[C@H]3C(F)F)nc1-2)C(N)=O. The van der Waals surface area contributed by atoms with Gasteiger partial charge in [0.05, 0.1) is 12.1 Å². The van der Waals surface area contributed by atoms with Crippen molar-refractivity contribution in [1.82, 2.24) is 9.55 Å². The first-order valence-electron chi connectivity index (χ1n) is 9.38. The molecule has 1 amide bonds. The van der Waals surface area contributed by atoms with Crippen molar-refractivity contribution in [2.45, 2.75) is 25.2 Å². The van der Waals surface area contributed by atoms with E-state index in [0.717, 1.165) is 4.58 Å². The van der Waals surface area contributed by atoms with E-state index in [9.17, 15) is 18.4 Å². The molecule has 0 fully saturated rings. The number of nitrogens with zero attached hydrogens (tertiary/aromatic N) is 3. The third kappa shape index (κ3) is 3.81. The third-order valence-electron chi connectivity index (χ3n) is 4.98. The number of nitrogens with one attached hydrogen (secondary N) is 1. The number of hydrogen-bond acceptors (Lipinski definition) is 7. The van der Waals surface area contributed by atoms with Crippen molar-refractivity contribution in [3.8, 4) is 17.1 Å². The van der Waals surface area contributed by atoms with Crippen LogP contribution in [0.3, 0.4) is 0 Å². The second-order valence-corrected chi connectivity index (χ2v) is 6.88. The molecule has 2 aliphatic rings. The first-order valence-corrected chi connectivity index (χ1v) is 9.38. The smallest absolute Gasteiger partial charge is 0.345 e. The van der Waals surface area contributed by atoms with Crippen molar-refractivity contribution >= 4 is 29.6 Å². The number of anilines is 1. The zero-order valence-corrected chi connectivity index (χ0v) is 16.5. The highest BCUT2D eigenvalue weighted by Crippen LogP contribution is 2.36. The number of amides is 1. The summed E-state index contributed by atoms with van der Waals surface area (Å²) in [5.74, 6) is 0.261. The lowest BCUT2D eigenvalue weighted by atomic mass is 10.1. The number of hydrogen-bond donors (Lipinski definition) is 2. The molecular formula is C19H20F2N5O5+. The number of imidazole rings is 1. The highest BCUT2D eigenvalue weighted by atomic mass is 19.3. The number of methoxy groups -OCH3 is 1. The van der Waals surface area contributed by atoms with Crippen molar-refractivity contribution in [3.63, 3.8) is 0 Å². The monoisotopic (exact) mass is 436 g/mol. The molecule has 3 N–H and O–H groups in total. The molecule has 0 aliphatic carbocycles. The van der Waals surface area contributed by atoms with Crippen LogP contribution in [0.15, 0.2) is 24.4 Å². The van der Waals surface area contributed by atoms with E-state index in [1.165, 1.54) is 7.11 Å². The van der Waals surface area contributed by atoms with Gasteiger partial charge in [0.1, 0.15) is 25.2 Å². The third-order valence-corrected chi connectivity index (χ3v) is 4.98. The van der Waals surface area contributed by atoms with Crippen LogP contribution in [-0.4, -0.2) is 71.2 Å². The molecule has 4 rings (SSSR count). The fourth-order valence-corrected chi connectivity index (χ4v) is 3.51. The molecule has 2 aromatic rings. The van der Waals surface area contributed by atoms with Crippen LogP contribution in [0, 0.1) is 0 Å². The van der Waals surface area contributed by atoms with Gasteiger partial charge in [0.15, 0.2) is 6.04 Å². The summed E-state index contributed by atoms with van der Waals surface area (Å²) in [4.78, 5) is 27.2. The number of rotatable bonds is 7. The molecule has 0 radical (unpaired) electrons. The van der Waals surface area contributed by atoms with Gasteiger partial charge in [-0.15, -0.1) is 0 Å². The first kappa shape index (κ1) is 20.7. The molecule has 3 heterocycles. The number of carbonyl (C=O) groups is 2. The van der Waals surface area contributed by atoms with Gasteiger partial charge in [-0.25, -0.2) is 8.78 Å². The Morgan fingerprint density at radius 2 is 2.26 bits per heavy atom. The Morgan fingerprint density at radius 3 is 2.94 bits per heavy atom. The lowest BCUT2D eigenvalue weighted by Gasteiger charge is -2.16. The summed E-state index contributed by atoms with van der Waals surface area (Å²) in [6, 6.07) is 3.76. The van der Waals surface area contributed by atoms with Gasteiger partial charge in [-0.3, -0.25) is 9.59 Å². The fraction of sp³-hybridized carbons (Fsp3) is 0.368. The van der Waals surface area contributed by atoms with E-state index in [-0.39, 0.29) is 18.3 Å². The van der Waals surface area contributed by atoms with Gasteiger partial charge in [0.25, 0.3) is 18.2 Å². The Kier molecular flexibility index (Phi) is 5.55. The van der Waals surface area contributed by atoms with Crippen LogP contribution in [0.25, 0.3) is 11.4 Å². The van der Waals surface area contributed by atoms with E-state index in [1.807, 2.05) is 0 Å². The van der Waals surface area contributed by atoms with E-state index in [2.05, 4.69) is 10.3 Å². The highest BCUT2D eigenvalue weighted by molar-refractivity contribution is 6.21. The molecule has 2 aliphatic heterocycles. The minimum absolute atomic E-state index is 0.183. The van der Waals surface area contributed by atoms with Gasteiger partial charge in [0.2, 0.25) is 12.5 Å². The predicted molar refractivity (Wildman–Crippen MR) is 104 cm³/mol. The Labute approximate surface area is 175 Å². The summed E-state index contributed by atoms with van der Waals surface area (Å²) in [6.45, 7) is 0.400. The second kappa shape index (κ2) is 8.30. The number of benzene rings is 1. The van der Waals surface area contributed by atoms with Crippen molar-refractivity contribution in [2.75, 3.05) is 25.6 Å². The van der Waals surface area contributed by atoms with E-state index in [4.69, 9.17) is 19.9 Å². The number of fused-ring (bicyclic) bond motifs is 3. The molecule has 1 aromatic carbocycles. The van der Waals surface area contributed by atoms with Gasteiger partial charge in [-0.1, -0.05) is 0 Å². The molecule has 164 valence electrons. The van der Waals surface area contributed by atoms with Crippen LogP contribution < -0.4 is 15.8 Å². The number of primary amides is 1. The van der Waals surface area contributed by atoms with Crippen LogP contribution >= 0.6 is 0 Å². The Morgan fingerprint density at radius 1 is 1.45 bits per heavy atom. The van der Waals surface area contributed by atoms with Crippen LogP contribution in [0.5, 0.6) is 5.75 Å². The molecule has 0 bridgehead atoms. The molecule has 0 saturated heterocycles. The molecular weight excluding hydrogens is 416 g/mol. The van der Waals surface area contributed by atoms with Crippen molar-refractivity contribution in [1.29, 1.82) is 0 Å². The van der Waals surface area contributed by atoms with Crippen LogP contribution in [-0.2, 0) is 25.6 Å².